The Kier molecular flexibility index (Phi) is 6.19. The lowest BCUT2D eigenvalue weighted by Gasteiger charge is -2.16. The summed E-state index contributed by atoms with van der Waals surface area (Å²) in [5, 5.41) is 11.5. The summed E-state index contributed by atoms with van der Waals surface area (Å²) in [6, 6.07) is 24.5. The minimum absolute atomic E-state index is 0.102. The molecule has 2 amide bonds. The lowest BCUT2D eigenvalue weighted by atomic mass is 9.93. The lowest BCUT2D eigenvalue weighted by Crippen LogP contribution is -2.21. The molecule has 0 spiro atoms. The van der Waals surface area contributed by atoms with E-state index in [2.05, 4.69) is 17.4 Å². The molecule has 5 nitrogen and oxygen atoms in total. The lowest BCUT2D eigenvalue weighted by molar-refractivity contribution is -0.117. The van der Waals surface area contributed by atoms with Gasteiger partial charge in [0.05, 0.1) is 5.92 Å². The third kappa shape index (κ3) is 4.45. The van der Waals surface area contributed by atoms with Gasteiger partial charge in [-0.25, -0.2) is 5.48 Å². The monoisotopic (exact) mass is 374 g/mol. The van der Waals surface area contributed by atoms with Gasteiger partial charge in [0.25, 0.3) is 5.91 Å². The minimum Gasteiger partial charge on any atom is -0.326 e. The molecule has 0 radical (unpaired) electrons. The quantitative estimate of drug-likeness (QED) is 0.436. The highest BCUT2D eigenvalue weighted by Gasteiger charge is 2.19. The smallest absolute Gasteiger partial charge is 0.274 e. The summed E-state index contributed by atoms with van der Waals surface area (Å²) in [6.07, 6.45) is 0.668. The third-order valence-electron chi connectivity index (χ3n) is 4.66. The van der Waals surface area contributed by atoms with Gasteiger partial charge in [0, 0.05) is 11.3 Å². The molecule has 0 saturated heterocycles. The summed E-state index contributed by atoms with van der Waals surface area (Å²) < 4.78 is 0. The van der Waals surface area contributed by atoms with Crippen molar-refractivity contribution in [2.24, 2.45) is 0 Å². The molecule has 0 aliphatic carbocycles. The Balaban J connectivity index is 1.72. The van der Waals surface area contributed by atoms with Crippen LogP contribution in [0.1, 0.15) is 35.2 Å². The molecular weight excluding hydrogens is 352 g/mol. The van der Waals surface area contributed by atoms with Crippen molar-refractivity contribution >= 4 is 17.5 Å². The second kappa shape index (κ2) is 8.97. The maximum Gasteiger partial charge on any atom is 0.274 e. The Labute approximate surface area is 164 Å². The number of anilines is 1. The molecule has 0 heterocycles. The van der Waals surface area contributed by atoms with E-state index in [-0.39, 0.29) is 11.8 Å². The first-order valence-electron chi connectivity index (χ1n) is 9.13. The van der Waals surface area contributed by atoms with Crippen LogP contribution in [0.25, 0.3) is 11.1 Å². The summed E-state index contributed by atoms with van der Waals surface area (Å²) in [5.74, 6) is -0.970. The van der Waals surface area contributed by atoms with E-state index in [1.807, 2.05) is 49.4 Å². The second-order valence-corrected chi connectivity index (χ2v) is 6.46. The van der Waals surface area contributed by atoms with Gasteiger partial charge >= 0.3 is 0 Å². The molecule has 0 aliphatic heterocycles. The fourth-order valence-corrected chi connectivity index (χ4v) is 3.11. The molecule has 0 aromatic heterocycles. The summed E-state index contributed by atoms with van der Waals surface area (Å²) in [6.45, 7) is 1.98. The molecule has 3 N–H and O–H groups in total. The first-order valence-corrected chi connectivity index (χ1v) is 9.13. The number of hydrogen-bond donors (Lipinski definition) is 3. The number of nitrogens with one attached hydrogen (secondary N) is 2. The van der Waals surface area contributed by atoms with Gasteiger partial charge in [-0.05, 0) is 47.4 Å². The van der Waals surface area contributed by atoms with Crippen LogP contribution in [0.5, 0.6) is 0 Å². The topological polar surface area (TPSA) is 78.4 Å². The van der Waals surface area contributed by atoms with Crippen LogP contribution in [0.3, 0.4) is 0 Å². The molecule has 28 heavy (non-hydrogen) atoms. The molecule has 3 aromatic rings. The van der Waals surface area contributed by atoms with Crippen molar-refractivity contribution in [1.82, 2.24) is 5.48 Å². The zero-order valence-electron chi connectivity index (χ0n) is 15.6. The molecule has 0 bridgehead atoms. The molecule has 1 atom stereocenters. The fraction of sp³-hybridized carbons (Fsp3) is 0.130. The van der Waals surface area contributed by atoms with Crippen LogP contribution >= 0.6 is 0 Å². The van der Waals surface area contributed by atoms with Crippen molar-refractivity contribution in [3.63, 3.8) is 0 Å². The Bertz CT molecular complexity index is 936. The third-order valence-corrected chi connectivity index (χ3v) is 4.66. The molecule has 3 rings (SSSR count). The highest BCUT2D eigenvalue weighted by molar-refractivity contribution is 5.97. The predicted octanol–water partition coefficient (Wildman–Crippen LogP) is 4.60. The number of benzene rings is 3. The maximum atomic E-state index is 12.7. The zero-order valence-corrected chi connectivity index (χ0v) is 15.6. The van der Waals surface area contributed by atoms with Crippen LogP contribution in [0.2, 0.25) is 0 Å². The Hall–Kier alpha value is -3.44. The van der Waals surface area contributed by atoms with E-state index in [0.29, 0.717) is 17.7 Å². The van der Waals surface area contributed by atoms with Crippen LogP contribution < -0.4 is 10.8 Å². The van der Waals surface area contributed by atoms with Gasteiger partial charge in [-0.3, -0.25) is 14.8 Å². The van der Waals surface area contributed by atoms with E-state index >= 15 is 0 Å². The number of rotatable bonds is 6. The standard InChI is InChI=1S/C23H22N2O3/c1-2-21(18-10-8-17(9-11-18)16-6-4-3-5-7-16)23(27)24-20-14-12-19(13-15-20)22(26)25-28/h3-15,21,28H,2H2,1H3,(H,24,27)(H,25,26). The first kappa shape index (κ1) is 19.3. The molecule has 0 aliphatic rings. The summed E-state index contributed by atoms with van der Waals surface area (Å²) in [5.41, 5.74) is 5.69. The van der Waals surface area contributed by atoms with Crippen molar-refractivity contribution in [1.29, 1.82) is 0 Å². The average Bonchev–Trinajstić information content (AvgIpc) is 2.75. The predicted molar refractivity (Wildman–Crippen MR) is 109 cm³/mol. The van der Waals surface area contributed by atoms with Gasteiger partial charge in [0.15, 0.2) is 0 Å². The number of carbonyl (C=O) groups is 2. The van der Waals surface area contributed by atoms with Crippen LogP contribution in [0, 0.1) is 0 Å². The summed E-state index contributed by atoms with van der Waals surface area (Å²) >= 11 is 0. The highest BCUT2D eigenvalue weighted by atomic mass is 16.5. The molecular formula is C23H22N2O3. The molecule has 1 unspecified atom stereocenters. The Morgan fingerprint density at radius 2 is 1.46 bits per heavy atom. The highest BCUT2D eigenvalue weighted by Crippen LogP contribution is 2.26. The SMILES string of the molecule is CCC(C(=O)Nc1ccc(C(=O)NO)cc1)c1ccc(-c2ccccc2)cc1. The number of hydrogen-bond acceptors (Lipinski definition) is 3. The largest absolute Gasteiger partial charge is 0.326 e. The van der Waals surface area contributed by atoms with Crippen LogP contribution in [0.4, 0.5) is 5.69 Å². The molecule has 3 aromatic carbocycles. The van der Waals surface area contributed by atoms with Crippen molar-refractivity contribution < 1.29 is 14.8 Å². The van der Waals surface area contributed by atoms with Gasteiger partial charge in [-0.1, -0.05) is 61.5 Å². The maximum absolute atomic E-state index is 12.7. The van der Waals surface area contributed by atoms with E-state index < -0.39 is 5.91 Å². The zero-order chi connectivity index (χ0) is 19.9. The summed E-state index contributed by atoms with van der Waals surface area (Å²) in [7, 11) is 0. The number of hydroxylamine groups is 1. The van der Waals surface area contributed by atoms with E-state index in [1.54, 1.807) is 17.6 Å². The minimum atomic E-state index is -0.595. The van der Waals surface area contributed by atoms with E-state index in [9.17, 15) is 9.59 Å². The fourth-order valence-electron chi connectivity index (χ4n) is 3.11. The molecule has 0 fully saturated rings. The normalized spacial score (nSPS) is 11.5. The van der Waals surface area contributed by atoms with E-state index in [4.69, 9.17) is 5.21 Å². The van der Waals surface area contributed by atoms with Crippen molar-refractivity contribution in [2.75, 3.05) is 5.32 Å². The summed E-state index contributed by atoms with van der Waals surface area (Å²) in [4.78, 5) is 24.1. The second-order valence-electron chi connectivity index (χ2n) is 6.46. The van der Waals surface area contributed by atoms with Gasteiger partial charge in [0.1, 0.15) is 0 Å². The van der Waals surface area contributed by atoms with Crippen molar-refractivity contribution in [3.8, 4) is 11.1 Å². The first-order chi connectivity index (χ1) is 13.6. The van der Waals surface area contributed by atoms with Gasteiger partial charge in [-0.2, -0.15) is 0 Å². The van der Waals surface area contributed by atoms with Gasteiger partial charge in [0.2, 0.25) is 5.91 Å². The van der Waals surface area contributed by atoms with Crippen molar-refractivity contribution in [2.45, 2.75) is 19.3 Å². The number of carbonyl (C=O) groups excluding carboxylic acids is 2. The van der Waals surface area contributed by atoms with Gasteiger partial charge in [-0.15, -0.1) is 0 Å². The van der Waals surface area contributed by atoms with Gasteiger partial charge < -0.3 is 5.32 Å². The van der Waals surface area contributed by atoms with E-state index in [0.717, 1.165) is 16.7 Å². The molecule has 0 saturated carbocycles. The Morgan fingerprint density at radius 3 is 2.04 bits per heavy atom. The molecule has 142 valence electrons. The van der Waals surface area contributed by atoms with E-state index in [1.165, 1.54) is 12.1 Å². The Morgan fingerprint density at radius 1 is 0.857 bits per heavy atom. The van der Waals surface area contributed by atoms with Crippen LogP contribution in [-0.4, -0.2) is 17.0 Å². The number of amides is 2. The van der Waals surface area contributed by atoms with Crippen molar-refractivity contribution in [3.05, 3.63) is 90.0 Å². The molecule has 5 heteroatoms. The van der Waals surface area contributed by atoms with Crippen LogP contribution in [0.15, 0.2) is 78.9 Å². The average molecular weight is 374 g/mol. The van der Waals surface area contributed by atoms with Crippen LogP contribution in [-0.2, 0) is 4.79 Å².